The van der Waals surface area contributed by atoms with Crippen molar-refractivity contribution in [2.75, 3.05) is 5.43 Å². The second-order valence-corrected chi connectivity index (χ2v) is 6.56. The third kappa shape index (κ3) is 2.88. The van der Waals surface area contributed by atoms with Crippen LogP contribution in [0, 0.1) is 0 Å². The smallest absolute Gasteiger partial charge is 0.265 e. The number of hydrazone groups is 1. The van der Waals surface area contributed by atoms with Crippen LogP contribution < -0.4 is 5.43 Å². The Balaban J connectivity index is 1.71. The maximum absolute atomic E-state index is 9.75. The fourth-order valence-corrected chi connectivity index (χ4v) is 3.21. The number of fused-ring (bicyclic) bond motifs is 3. The number of aromatic nitrogens is 4. The van der Waals surface area contributed by atoms with Crippen LogP contribution in [0.5, 0.6) is 5.75 Å². The molecule has 2 heterocycles. The molecule has 0 spiro atoms. The van der Waals surface area contributed by atoms with Crippen molar-refractivity contribution >= 4 is 50.2 Å². The minimum Gasteiger partial charge on any atom is -0.507 e. The summed E-state index contributed by atoms with van der Waals surface area (Å²) in [5.41, 5.74) is 5.92. The number of para-hydroxylation sites is 1. The van der Waals surface area contributed by atoms with E-state index >= 15 is 0 Å². The van der Waals surface area contributed by atoms with Gasteiger partial charge in [-0.05, 0) is 37.3 Å². The Bertz CT molecular complexity index is 1140. The Morgan fingerprint density at radius 2 is 2.08 bits per heavy atom. The Morgan fingerprint density at radius 1 is 1.23 bits per heavy atom. The van der Waals surface area contributed by atoms with E-state index in [2.05, 4.69) is 53.1 Å². The molecule has 26 heavy (non-hydrogen) atoms. The van der Waals surface area contributed by atoms with Crippen LogP contribution in [0.1, 0.15) is 12.5 Å². The lowest BCUT2D eigenvalue weighted by Crippen LogP contribution is -2.02. The fourth-order valence-electron chi connectivity index (χ4n) is 2.85. The second kappa shape index (κ2) is 6.72. The van der Waals surface area contributed by atoms with Gasteiger partial charge in [0.2, 0.25) is 0 Å². The fraction of sp³-hybridized carbons (Fsp3) is 0.111. The highest BCUT2D eigenvalue weighted by atomic mass is 79.9. The van der Waals surface area contributed by atoms with E-state index < -0.39 is 0 Å². The Labute approximate surface area is 157 Å². The average Bonchev–Trinajstić information content (AvgIpc) is 2.95. The number of phenolic OH excluding ortho intramolecular Hbond substituents is 1. The quantitative estimate of drug-likeness (QED) is 0.393. The molecule has 0 amide bonds. The number of hydrogen-bond donors (Lipinski definition) is 2. The summed E-state index contributed by atoms with van der Waals surface area (Å²) in [6.45, 7) is 2.83. The molecular formula is C18H15BrN6O. The van der Waals surface area contributed by atoms with E-state index in [1.165, 1.54) is 6.21 Å². The molecule has 0 radical (unpaired) electrons. The van der Waals surface area contributed by atoms with Gasteiger partial charge >= 0.3 is 0 Å². The van der Waals surface area contributed by atoms with E-state index in [4.69, 9.17) is 0 Å². The third-order valence-electron chi connectivity index (χ3n) is 4.05. The summed E-state index contributed by atoms with van der Waals surface area (Å²) < 4.78 is 3.07. The van der Waals surface area contributed by atoms with Crippen molar-refractivity contribution in [2.24, 2.45) is 5.10 Å². The molecule has 0 unspecified atom stereocenters. The molecule has 0 aliphatic heterocycles. The van der Waals surface area contributed by atoms with E-state index in [1.807, 2.05) is 24.3 Å². The molecule has 0 saturated heterocycles. The Morgan fingerprint density at radius 3 is 2.88 bits per heavy atom. The molecule has 130 valence electrons. The molecule has 0 atom stereocenters. The first-order valence-corrected chi connectivity index (χ1v) is 8.86. The maximum atomic E-state index is 9.75. The zero-order chi connectivity index (χ0) is 18.1. The minimum atomic E-state index is 0.157. The lowest BCUT2D eigenvalue weighted by molar-refractivity contribution is 0.474. The number of aryl methyl sites for hydroxylation is 1. The number of halogens is 1. The number of anilines is 1. The predicted molar refractivity (Wildman–Crippen MR) is 106 cm³/mol. The van der Waals surface area contributed by atoms with Gasteiger partial charge in [-0.15, -0.1) is 10.2 Å². The van der Waals surface area contributed by atoms with Gasteiger partial charge in [0.25, 0.3) is 5.95 Å². The van der Waals surface area contributed by atoms with Crippen molar-refractivity contribution in [3.8, 4) is 5.75 Å². The molecule has 0 saturated carbocycles. The molecule has 0 bridgehead atoms. The summed E-state index contributed by atoms with van der Waals surface area (Å²) in [4.78, 5) is 4.55. The Hall–Kier alpha value is -3.00. The maximum Gasteiger partial charge on any atom is 0.265 e. The first-order valence-electron chi connectivity index (χ1n) is 8.06. The Kier molecular flexibility index (Phi) is 4.26. The standard InChI is InChI=1S/C18H15BrN6O/c1-2-25-14-8-7-12(19)9-13(14)16-17(25)21-18(24-22-16)23-20-10-11-5-3-4-6-15(11)26/h3-10,26H,2H2,1H3,(H,21,23,24)/b20-10+. The number of rotatable bonds is 4. The van der Waals surface area contributed by atoms with Crippen molar-refractivity contribution in [2.45, 2.75) is 13.5 Å². The molecule has 7 nitrogen and oxygen atoms in total. The van der Waals surface area contributed by atoms with Crippen molar-refractivity contribution in [1.29, 1.82) is 0 Å². The van der Waals surface area contributed by atoms with E-state index in [-0.39, 0.29) is 5.75 Å². The SMILES string of the molecule is CCn1c2ccc(Br)cc2c2nnc(N/N=C/c3ccccc3O)nc21. The van der Waals surface area contributed by atoms with Crippen LogP contribution >= 0.6 is 15.9 Å². The molecule has 8 heteroatoms. The molecule has 2 aromatic heterocycles. The van der Waals surface area contributed by atoms with Crippen molar-refractivity contribution in [1.82, 2.24) is 19.7 Å². The van der Waals surface area contributed by atoms with Crippen LogP contribution in [0.3, 0.4) is 0 Å². The van der Waals surface area contributed by atoms with Crippen molar-refractivity contribution in [3.05, 3.63) is 52.5 Å². The summed E-state index contributed by atoms with van der Waals surface area (Å²) in [6, 6.07) is 13.0. The summed E-state index contributed by atoms with van der Waals surface area (Å²) >= 11 is 3.50. The van der Waals surface area contributed by atoms with Crippen molar-refractivity contribution < 1.29 is 5.11 Å². The van der Waals surface area contributed by atoms with E-state index in [0.717, 1.165) is 33.1 Å². The van der Waals surface area contributed by atoms with Gasteiger partial charge in [-0.1, -0.05) is 28.1 Å². The predicted octanol–water partition coefficient (Wildman–Crippen LogP) is 3.91. The highest BCUT2D eigenvalue weighted by Crippen LogP contribution is 2.29. The zero-order valence-electron chi connectivity index (χ0n) is 13.9. The molecule has 2 aromatic carbocycles. The van der Waals surface area contributed by atoms with Crippen LogP contribution in [0.15, 0.2) is 52.0 Å². The van der Waals surface area contributed by atoms with Gasteiger partial charge in [-0.2, -0.15) is 10.1 Å². The van der Waals surface area contributed by atoms with Gasteiger partial charge < -0.3 is 9.67 Å². The number of hydrogen-bond acceptors (Lipinski definition) is 6. The van der Waals surface area contributed by atoms with Crippen molar-refractivity contribution in [3.63, 3.8) is 0 Å². The third-order valence-corrected chi connectivity index (χ3v) is 4.54. The lowest BCUT2D eigenvalue weighted by Gasteiger charge is -2.02. The summed E-state index contributed by atoms with van der Waals surface area (Å²) in [5, 5.41) is 23.3. The zero-order valence-corrected chi connectivity index (χ0v) is 15.5. The average molecular weight is 411 g/mol. The van der Waals surface area contributed by atoms with E-state index in [1.54, 1.807) is 18.2 Å². The summed E-state index contributed by atoms with van der Waals surface area (Å²) in [6.07, 6.45) is 1.51. The van der Waals surface area contributed by atoms with E-state index in [9.17, 15) is 5.11 Å². The number of phenols is 1. The lowest BCUT2D eigenvalue weighted by atomic mass is 10.2. The number of nitrogens with zero attached hydrogens (tertiary/aromatic N) is 5. The molecule has 2 N–H and O–H groups in total. The van der Waals surface area contributed by atoms with Gasteiger partial charge in [0, 0.05) is 22.0 Å². The van der Waals surface area contributed by atoms with Crippen LogP contribution in [0.2, 0.25) is 0 Å². The number of aromatic hydroxyl groups is 1. The topological polar surface area (TPSA) is 88.2 Å². The first kappa shape index (κ1) is 16.5. The minimum absolute atomic E-state index is 0.157. The largest absolute Gasteiger partial charge is 0.507 e. The molecule has 0 fully saturated rings. The molecule has 4 aromatic rings. The van der Waals surface area contributed by atoms with Gasteiger partial charge in [0.15, 0.2) is 5.65 Å². The number of benzene rings is 2. The molecule has 4 rings (SSSR count). The van der Waals surface area contributed by atoms with Gasteiger partial charge in [0.05, 0.1) is 11.7 Å². The normalized spacial score (nSPS) is 11.6. The van der Waals surface area contributed by atoms with Gasteiger partial charge in [-0.3, -0.25) is 0 Å². The van der Waals surface area contributed by atoms with Crippen LogP contribution in [-0.4, -0.2) is 31.1 Å². The van der Waals surface area contributed by atoms with Crippen LogP contribution in [-0.2, 0) is 6.54 Å². The van der Waals surface area contributed by atoms with E-state index in [0.29, 0.717) is 11.5 Å². The van der Waals surface area contributed by atoms with Crippen LogP contribution in [0.4, 0.5) is 5.95 Å². The number of nitrogens with one attached hydrogen (secondary N) is 1. The second-order valence-electron chi connectivity index (χ2n) is 5.64. The van der Waals surface area contributed by atoms with Crippen LogP contribution in [0.25, 0.3) is 22.1 Å². The molecule has 0 aliphatic carbocycles. The summed E-state index contributed by atoms with van der Waals surface area (Å²) in [7, 11) is 0. The van der Waals surface area contributed by atoms with Gasteiger partial charge in [-0.25, -0.2) is 5.43 Å². The van der Waals surface area contributed by atoms with Gasteiger partial charge in [0.1, 0.15) is 11.3 Å². The monoisotopic (exact) mass is 410 g/mol. The molecular weight excluding hydrogens is 396 g/mol. The highest BCUT2D eigenvalue weighted by Gasteiger charge is 2.14. The first-order chi connectivity index (χ1) is 12.7. The highest BCUT2D eigenvalue weighted by molar-refractivity contribution is 9.10. The summed E-state index contributed by atoms with van der Waals surface area (Å²) in [5.74, 6) is 0.449. The molecule has 0 aliphatic rings.